The number of H-pyrrole nitrogens is 1. The van der Waals surface area contributed by atoms with Crippen LogP contribution in [0, 0.1) is 0 Å². The Bertz CT molecular complexity index is 792. The second-order valence-electron chi connectivity index (χ2n) is 5.51. The zero-order valence-electron chi connectivity index (χ0n) is 12.1. The molecule has 0 aliphatic heterocycles. The molecule has 9 heteroatoms. The standard InChI is InChI=1S/C12H18N4O3S2/c1-12(2,16-21(3,18)19)7-13-6-9-14-8-4-5-20-10(8)11(17)15-9/h4-5,13,16H,6-7H2,1-3H3,(H,14,15,17). The van der Waals surface area contributed by atoms with E-state index in [9.17, 15) is 13.2 Å². The molecule has 0 spiro atoms. The molecular weight excluding hydrogens is 312 g/mol. The monoisotopic (exact) mass is 330 g/mol. The molecular formula is C12H18N4O3S2. The molecule has 7 nitrogen and oxygen atoms in total. The first kappa shape index (κ1) is 16.1. The normalized spacial score (nSPS) is 12.9. The number of aromatic amines is 1. The summed E-state index contributed by atoms with van der Waals surface area (Å²) in [4.78, 5) is 18.9. The van der Waals surface area contributed by atoms with E-state index >= 15 is 0 Å². The van der Waals surface area contributed by atoms with E-state index in [0.29, 0.717) is 29.1 Å². The van der Waals surface area contributed by atoms with Crippen molar-refractivity contribution in [3.8, 4) is 0 Å². The van der Waals surface area contributed by atoms with Gasteiger partial charge in [0.1, 0.15) is 10.5 Å². The Balaban J connectivity index is 2.00. The molecule has 0 bridgehead atoms. The van der Waals surface area contributed by atoms with Gasteiger partial charge < -0.3 is 10.3 Å². The van der Waals surface area contributed by atoms with Crippen LogP contribution in [0.1, 0.15) is 19.7 Å². The lowest BCUT2D eigenvalue weighted by molar-refractivity contribution is 0.418. The van der Waals surface area contributed by atoms with Crippen molar-refractivity contribution in [2.24, 2.45) is 0 Å². The van der Waals surface area contributed by atoms with Gasteiger partial charge in [-0.05, 0) is 25.3 Å². The Labute approximate surface area is 126 Å². The lowest BCUT2D eigenvalue weighted by Crippen LogP contribution is -2.49. The van der Waals surface area contributed by atoms with Crippen molar-refractivity contribution >= 4 is 31.6 Å². The van der Waals surface area contributed by atoms with E-state index in [0.717, 1.165) is 6.26 Å². The smallest absolute Gasteiger partial charge is 0.268 e. The fraction of sp³-hybridized carbons (Fsp3) is 0.500. The highest BCUT2D eigenvalue weighted by Crippen LogP contribution is 2.13. The molecule has 2 aromatic rings. The molecule has 0 aliphatic rings. The lowest BCUT2D eigenvalue weighted by Gasteiger charge is -2.25. The minimum atomic E-state index is -3.27. The van der Waals surface area contributed by atoms with Gasteiger partial charge in [-0.25, -0.2) is 18.1 Å². The summed E-state index contributed by atoms with van der Waals surface area (Å²) in [6.07, 6.45) is 1.12. The summed E-state index contributed by atoms with van der Waals surface area (Å²) in [5, 5.41) is 4.92. The highest BCUT2D eigenvalue weighted by atomic mass is 32.2. The van der Waals surface area contributed by atoms with Crippen LogP contribution >= 0.6 is 11.3 Å². The van der Waals surface area contributed by atoms with Crippen molar-refractivity contribution < 1.29 is 8.42 Å². The number of nitrogens with one attached hydrogen (secondary N) is 3. The van der Waals surface area contributed by atoms with Crippen LogP contribution in [0.3, 0.4) is 0 Å². The van der Waals surface area contributed by atoms with Crippen LogP contribution < -0.4 is 15.6 Å². The zero-order valence-corrected chi connectivity index (χ0v) is 13.7. The molecule has 0 aliphatic carbocycles. The summed E-state index contributed by atoms with van der Waals surface area (Å²) in [6.45, 7) is 4.32. The summed E-state index contributed by atoms with van der Waals surface area (Å²) < 4.78 is 25.6. The van der Waals surface area contributed by atoms with E-state index in [1.165, 1.54) is 11.3 Å². The quantitative estimate of drug-likeness (QED) is 0.711. The van der Waals surface area contributed by atoms with Crippen LogP contribution in [-0.2, 0) is 16.6 Å². The predicted octanol–water partition coefficient (Wildman–Crippen LogP) is 0.402. The molecule has 0 saturated heterocycles. The fourth-order valence-corrected chi connectivity index (χ4v) is 3.84. The van der Waals surface area contributed by atoms with Crippen LogP contribution in [0.4, 0.5) is 0 Å². The number of rotatable bonds is 6. The maximum Gasteiger partial charge on any atom is 0.268 e. The highest BCUT2D eigenvalue weighted by molar-refractivity contribution is 7.88. The molecule has 116 valence electrons. The SMILES string of the molecule is CC(C)(CNCc1nc2ccsc2c(=O)[nH]1)NS(C)(=O)=O. The summed E-state index contributed by atoms with van der Waals surface area (Å²) in [6, 6.07) is 1.80. The van der Waals surface area contributed by atoms with Gasteiger partial charge in [0.25, 0.3) is 5.56 Å². The Hall–Kier alpha value is -1.29. The summed E-state index contributed by atoms with van der Waals surface area (Å²) >= 11 is 1.35. The van der Waals surface area contributed by atoms with Gasteiger partial charge in [-0.3, -0.25) is 4.79 Å². The van der Waals surface area contributed by atoms with Gasteiger partial charge in [-0.15, -0.1) is 11.3 Å². The Morgan fingerprint density at radius 2 is 2.14 bits per heavy atom. The lowest BCUT2D eigenvalue weighted by atomic mass is 10.1. The van der Waals surface area contributed by atoms with Gasteiger partial charge in [0.15, 0.2) is 0 Å². The fourth-order valence-electron chi connectivity index (χ4n) is 2.04. The average Bonchev–Trinajstić information content (AvgIpc) is 2.73. The Morgan fingerprint density at radius 3 is 2.81 bits per heavy atom. The van der Waals surface area contributed by atoms with Crippen LogP contribution in [-0.4, -0.2) is 36.7 Å². The van der Waals surface area contributed by atoms with Crippen molar-refractivity contribution in [3.05, 3.63) is 27.6 Å². The van der Waals surface area contributed by atoms with Crippen LogP contribution in [0.25, 0.3) is 10.2 Å². The molecule has 0 fully saturated rings. The van der Waals surface area contributed by atoms with E-state index in [-0.39, 0.29) is 5.56 Å². The Morgan fingerprint density at radius 1 is 1.43 bits per heavy atom. The molecule has 2 aromatic heterocycles. The van der Waals surface area contributed by atoms with Crippen molar-refractivity contribution in [2.45, 2.75) is 25.9 Å². The number of hydrogen-bond acceptors (Lipinski definition) is 6. The van der Waals surface area contributed by atoms with E-state index in [4.69, 9.17) is 0 Å². The molecule has 0 radical (unpaired) electrons. The molecule has 0 amide bonds. The van der Waals surface area contributed by atoms with Gasteiger partial charge in [0.2, 0.25) is 10.0 Å². The van der Waals surface area contributed by atoms with E-state index in [1.54, 1.807) is 19.9 Å². The molecule has 21 heavy (non-hydrogen) atoms. The molecule has 2 heterocycles. The summed E-state index contributed by atoms with van der Waals surface area (Å²) in [5.41, 5.74) is -0.102. The van der Waals surface area contributed by atoms with E-state index < -0.39 is 15.6 Å². The minimum Gasteiger partial charge on any atom is -0.308 e. The van der Waals surface area contributed by atoms with Gasteiger partial charge in [-0.1, -0.05) is 0 Å². The van der Waals surface area contributed by atoms with Gasteiger partial charge in [0, 0.05) is 12.1 Å². The minimum absolute atomic E-state index is 0.152. The number of fused-ring (bicyclic) bond motifs is 1. The second-order valence-corrected chi connectivity index (χ2v) is 8.17. The number of nitrogens with zero attached hydrogens (tertiary/aromatic N) is 1. The average molecular weight is 330 g/mol. The summed E-state index contributed by atoms with van der Waals surface area (Å²) in [7, 11) is -3.27. The molecule has 3 N–H and O–H groups in total. The molecule has 0 atom stereocenters. The third-order valence-corrected chi connectivity index (χ3v) is 4.51. The first-order valence-electron chi connectivity index (χ1n) is 6.32. The topological polar surface area (TPSA) is 104 Å². The maximum absolute atomic E-state index is 11.8. The van der Waals surface area contributed by atoms with Gasteiger partial charge in [-0.2, -0.15) is 0 Å². The number of hydrogen-bond donors (Lipinski definition) is 3. The maximum atomic E-state index is 11.8. The predicted molar refractivity (Wildman–Crippen MR) is 84.0 cm³/mol. The van der Waals surface area contributed by atoms with Gasteiger partial charge >= 0.3 is 0 Å². The van der Waals surface area contributed by atoms with E-state index in [1.807, 2.05) is 5.38 Å². The largest absolute Gasteiger partial charge is 0.308 e. The van der Waals surface area contributed by atoms with Crippen molar-refractivity contribution in [1.29, 1.82) is 0 Å². The van der Waals surface area contributed by atoms with Crippen LogP contribution in [0.5, 0.6) is 0 Å². The van der Waals surface area contributed by atoms with Gasteiger partial charge in [0.05, 0.1) is 18.3 Å². The van der Waals surface area contributed by atoms with Crippen molar-refractivity contribution in [3.63, 3.8) is 0 Å². The third-order valence-electron chi connectivity index (χ3n) is 2.68. The first-order valence-corrected chi connectivity index (χ1v) is 9.09. The van der Waals surface area contributed by atoms with Crippen molar-refractivity contribution in [1.82, 2.24) is 20.0 Å². The molecule has 0 unspecified atom stereocenters. The zero-order chi connectivity index (χ0) is 15.7. The first-order chi connectivity index (χ1) is 9.66. The number of sulfonamides is 1. The highest BCUT2D eigenvalue weighted by Gasteiger charge is 2.21. The molecule has 0 aromatic carbocycles. The molecule has 2 rings (SSSR count). The third kappa shape index (κ3) is 4.60. The molecule has 0 saturated carbocycles. The second kappa shape index (κ2) is 5.84. The Kier molecular flexibility index (Phi) is 4.47. The summed E-state index contributed by atoms with van der Waals surface area (Å²) in [5.74, 6) is 0.529. The number of thiophene rings is 1. The number of aromatic nitrogens is 2. The van der Waals surface area contributed by atoms with E-state index in [2.05, 4.69) is 20.0 Å². The van der Waals surface area contributed by atoms with Crippen LogP contribution in [0.2, 0.25) is 0 Å². The van der Waals surface area contributed by atoms with Crippen LogP contribution in [0.15, 0.2) is 16.2 Å². The van der Waals surface area contributed by atoms with Crippen molar-refractivity contribution in [2.75, 3.05) is 12.8 Å².